The number of nitrogens with zero attached hydrogens (tertiary/aromatic N) is 2. The van der Waals surface area contributed by atoms with E-state index in [4.69, 9.17) is 22.7 Å². The Morgan fingerprint density at radius 2 is 2.13 bits per heavy atom. The molecule has 1 saturated heterocycles. The molecule has 2 heterocycles. The molecule has 1 aliphatic heterocycles. The Kier molecular flexibility index (Phi) is 3.13. The van der Waals surface area contributed by atoms with E-state index < -0.39 is 0 Å². The zero-order valence-corrected chi connectivity index (χ0v) is 9.17. The van der Waals surface area contributed by atoms with Crippen molar-refractivity contribution in [2.24, 2.45) is 5.73 Å². The van der Waals surface area contributed by atoms with Gasteiger partial charge in [-0.25, -0.2) is 4.98 Å². The van der Waals surface area contributed by atoms with Crippen LogP contribution >= 0.6 is 12.2 Å². The molecule has 1 fully saturated rings. The van der Waals surface area contributed by atoms with Gasteiger partial charge in [0.05, 0.1) is 18.9 Å². The molecule has 1 aromatic rings. The summed E-state index contributed by atoms with van der Waals surface area (Å²) in [6, 6.07) is 5.71. The summed E-state index contributed by atoms with van der Waals surface area (Å²) in [6.07, 6.45) is 0. The van der Waals surface area contributed by atoms with Crippen molar-refractivity contribution in [3.05, 3.63) is 23.9 Å². The SMILES string of the molecule is NC(=S)c1cccc(N2CCOCC2)n1. The van der Waals surface area contributed by atoms with Gasteiger partial charge >= 0.3 is 0 Å². The van der Waals surface area contributed by atoms with E-state index in [2.05, 4.69) is 9.88 Å². The van der Waals surface area contributed by atoms with Gasteiger partial charge in [-0.15, -0.1) is 0 Å². The van der Waals surface area contributed by atoms with E-state index in [1.165, 1.54) is 0 Å². The van der Waals surface area contributed by atoms with Crippen LogP contribution in [-0.4, -0.2) is 36.3 Å². The molecule has 0 atom stereocenters. The van der Waals surface area contributed by atoms with Crippen LogP contribution in [-0.2, 0) is 4.74 Å². The highest BCUT2D eigenvalue weighted by molar-refractivity contribution is 7.80. The molecule has 2 N–H and O–H groups in total. The van der Waals surface area contributed by atoms with E-state index in [0.717, 1.165) is 32.1 Å². The lowest BCUT2D eigenvalue weighted by Crippen LogP contribution is -2.37. The Morgan fingerprint density at radius 1 is 1.40 bits per heavy atom. The first-order chi connectivity index (χ1) is 7.27. The fraction of sp³-hybridized carbons (Fsp3) is 0.400. The van der Waals surface area contributed by atoms with Crippen LogP contribution in [0.1, 0.15) is 5.69 Å². The second-order valence-electron chi connectivity index (χ2n) is 3.34. The molecule has 0 aromatic carbocycles. The van der Waals surface area contributed by atoms with E-state index in [1.54, 1.807) is 0 Å². The Balaban J connectivity index is 2.19. The van der Waals surface area contributed by atoms with Crippen LogP contribution < -0.4 is 10.6 Å². The van der Waals surface area contributed by atoms with Crippen molar-refractivity contribution in [2.45, 2.75) is 0 Å². The van der Waals surface area contributed by atoms with Crippen LogP contribution in [0.5, 0.6) is 0 Å². The Morgan fingerprint density at radius 3 is 2.80 bits per heavy atom. The zero-order chi connectivity index (χ0) is 10.7. The third-order valence-electron chi connectivity index (χ3n) is 2.32. The number of pyridine rings is 1. The smallest absolute Gasteiger partial charge is 0.129 e. The van der Waals surface area contributed by atoms with Gasteiger partial charge in [0.15, 0.2) is 0 Å². The zero-order valence-electron chi connectivity index (χ0n) is 8.35. The predicted octanol–water partition coefficient (Wildman–Crippen LogP) is 0.552. The first-order valence-electron chi connectivity index (χ1n) is 4.87. The van der Waals surface area contributed by atoms with Crippen LogP contribution in [0.3, 0.4) is 0 Å². The van der Waals surface area contributed by atoms with Gasteiger partial charge in [0.25, 0.3) is 0 Å². The summed E-state index contributed by atoms with van der Waals surface area (Å²) in [4.78, 5) is 6.91. The summed E-state index contributed by atoms with van der Waals surface area (Å²) in [5, 5.41) is 0. The van der Waals surface area contributed by atoms with Crippen LogP contribution in [0.2, 0.25) is 0 Å². The van der Waals surface area contributed by atoms with Crippen molar-refractivity contribution < 1.29 is 4.74 Å². The minimum absolute atomic E-state index is 0.338. The van der Waals surface area contributed by atoms with Crippen molar-refractivity contribution in [1.29, 1.82) is 0 Å². The molecule has 80 valence electrons. The number of nitrogens with two attached hydrogens (primary N) is 1. The van der Waals surface area contributed by atoms with Gasteiger partial charge in [-0.3, -0.25) is 0 Å². The van der Waals surface area contributed by atoms with Crippen LogP contribution in [0.25, 0.3) is 0 Å². The number of morpholine rings is 1. The maximum Gasteiger partial charge on any atom is 0.129 e. The fourth-order valence-corrected chi connectivity index (χ4v) is 1.64. The van der Waals surface area contributed by atoms with Gasteiger partial charge in [-0.05, 0) is 12.1 Å². The van der Waals surface area contributed by atoms with Crippen molar-refractivity contribution in [1.82, 2.24) is 4.98 Å². The number of thiocarbonyl (C=S) groups is 1. The van der Waals surface area contributed by atoms with E-state index >= 15 is 0 Å². The number of rotatable bonds is 2. The summed E-state index contributed by atoms with van der Waals surface area (Å²) in [6.45, 7) is 3.24. The molecule has 5 heteroatoms. The van der Waals surface area contributed by atoms with Crippen LogP contribution in [0.4, 0.5) is 5.82 Å². The molecule has 0 saturated carbocycles. The monoisotopic (exact) mass is 223 g/mol. The lowest BCUT2D eigenvalue weighted by atomic mass is 10.3. The summed E-state index contributed by atoms with van der Waals surface area (Å²) >= 11 is 4.90. The van der Waals surface area contributed by atoms with E-state index in [-0.39, 0.29) is 0 Å². The van der Waals surface area contributed by atoms with E-state index in [9.17, 15) is 0 Å². The van der Waals surface area contributed by atoms with Gasteiger partial charge in [0.1, 0.15) is 10.8 Å². The fourth-order valence-electron chi connectivity index (χ4n) is 1.53. The van der Waals surface area contributed by atoms with E-state index in [0.29, 0.717) is 10.7 Å². The standard InChI is InChI=1S/C10H13N3OS/c11-10(15)8-2-1-3-9(12-8)13-4-6-14-7-5-13/h1-3H,4-7H2,(H2,11,15). The topological polar surface area (TPSA) is 51.4 Å². The third-order valence-corrected chi connectivity index (χ3v) is 2.53. The van der Waals surface area contributed by atoms with Gasteiger partial charge in [-0.1, -0.05) is 18.3 Å². The van der Waals surface area contributed by atoms with E-state index in [1.807, 2.05) is 18.2 Å². The maximum absolute atomic E-state index is 5.54. The van der Waals surface area contributed by atoms with Gasteiger partial charge in [-0.2, -0.15) is 0 Å². The second kappa shape index (κ2) is 4.55. The predicted molar refractivity (Wildman–Crippen MR) is 63.2 cm³/mol. The molecule has 1 aromatic heterocycles. The number of hydrogen-bond donors (Lipinski definition) is 1. The number of aromatic nitrogens is 1. The maximum atomic E-state index is 5.54. The highest BCUT2D eigenvalue weighted by Crippen LogP contribution is 2.12. The molecular formula is C10H13N3OS. The second-order valence-corrected chi connectivity index (χ2v) is 3.78. The Hall–Kier alpha value is -1.20. The molecule has 0 bridgehead atoms. The molecule has 1 aliphatic rings. The molecule has 0 spiro atoms. The van der Waals surface area contributed by atoms with Gasteiger partial charge in [0, 0.05) is 13.1 Å². The number of hydrogen-bond acceptors (Lipinski definition) is 4. The van der Waals surface area contributed by atoms with Crippen molar-refractivity contribution >= 4 is 23.0 Å². The summed E-state index contributed by atoms with van der Waals surface area (Å²) in [5.41, 5.74) is 6.21. The van der Waals surface area contributed by atoms with Crippen molar-refractivity contribution in [2.75, 3.05) is 31.2 Å². The average molecular weight is 223 g/mol. The molecule has 2 rings (SSSR count). The van der Waals surface area contributed by atoms with Crippen LogP contribution in [0, 0.1) is 0 Å². The normalized spacial score (nSPS) is 16.4. The largest absolute Gasteiger partial charge is 0.388 e. The highest BCUT2D eigenvalue weighted by atomic mass is 32.1. The average Bonchev–Trinajstić information content (AvgIpc) is 2.30. The molecule has 0 unspecified atom stereocenters. The number of anilines is 1. The summed E-state index contributed by atoms with van der Waals surface area (Å²) < 4.78 is 5.28. The Bertz CT molecular complexity index is 363. The minimum Gasteiger partial charge on any atom is -0.388 e. The van der Waals surface area contributed by atoms with Crippen LogP contribution in [0.15, 0.2) is 18.2 Å². The van der Waals surface area contributed by atoms with Crippen molar-refractivity contribution in [3.63, 3.8) is 0 Å². The molecule has 0 amide bonds. The quantitative estimate of drug-likeness (QED) is 0.742. The van der Waals surface area contributed by atoms with Crippen molar-refractivity contribution in [3.8, 4) is 0 Å². The first kappa shape index (κ1) is 10.3. The molecule has 0 radical (unpaired) electrons. The summed E-state index contributed by atoms with van der Waals surface area (Å²) in [5.74, 6) is 0.920. The molecular weight excluding hydrogens is 210 g/mol. The molecule has 15 heavy (non-hydrogen) atoms. The van der Waals surface area contributed by atoms with Gasteiger partial charge < -0.3 is 15.4 Å². The third kappa shape index (κ3) is 2.43. The van der Waals surface area contributed by atoms with Gasteiger partial charge in [0.2, 0.25) is 0 Å². The lowest BCUT2D eigenvalue weighted by Gasteiger charge is -2.27. The Labute approximate surface area is 94.0 Å². The minimum atomic E-state index is 0.338. The first-order valence-corrected chi connectivity index (χ1v) is 5.28. The highest BCUT2D eigenvalue weighted by Gasteiger charge is 2.12. The molecule has 0 aliphatic carbocycles. The number of ether oxygens (including phenoxy) is 1. The summed E-state index contributed by atoms with van der Waals surface area (Å²) in [7, 11) is 0. The lowest BCUT2D eigenvalue weighted by molar-refractivity contribution is 0.122. The molecule has 4 nitrogen and oxygen atoms in total.